The van der Waals surface area contributed by atoms with Gasteiger partial charge in [0.15, 0.2) is 0 Å². The Morgan fingerprint density at radius 3 is 2.70 bits per heavy atom. The fourth-order valence-corrected chi connectivity index (χ4v) is 3.44. The number of nitrogens with one attached hydrogen (secondary N) is 2. The van der Waals surface area contributed by atoms with Gasteiger partial charge in [-0.1, -0.05) is 12.1 Å². The molecule has 0 bridgehead atoms. The van der Waals surface area contributed by atoms with Crippen LogP contribution in [0.5, 0.6) is 0 Å². The van der Waals surface area contributed by atoms with Gasteiger partial charge >= 0.3 is 0 Å². The SMILES string of the molecule is O=C(Cn1cnc2sccc2c1=O)NCc1ccc(NC(=O)C2CC2)cc1. The molecule has 27 heavy (non-hydrogen) atoms. The predicted molar refractivity (Wildman–Crippen MR) is 104 cm³/mol. The molecule has 1 aliphatic carbocycles. The summed E-state index contributed by atoms with van der Waals surface area (Å²) in [6, 6.07) is 9.07. The first-order chi connectivity index (χ1) is 13.1. The van der Waals surface area contributed by atoms with Crippen molar-refractivity contribution in [1.82, 2.24) is 14.9 Å². The lowest BCUT2D eigenvalue weighted by atomic mass is 10.2. The van der Waals surface area contributed by atoms with E-state index in [1.807, 2.05) is 24.3 Å². The van der Waals surface area contributed by atoms with Crippen molar-refractivity contribution in [2.24, 2.45) is 5.92 Å². The molecule has 0 radical (unpaired) electrons. The fraction of sp³-hybridized carbons (Fsp3) is 0.263. The molecule has 0 saturated heterocycles. The predicted octanol–water partition coefficient (Wildman–Crippen LogP) is 2.12. The molecule has 3 aromatic rings. The zero-order valence-electron chi connectivity index (χ0n) is 14.5. The van der Waals surface area contributed by atoms with Gasteiger partial charge in [0.2, 0.25) is 11.8 Å². The Morgan fingerprint density at radius 1 is 1.19 bits per heavy atom. The van der Waals surface area contributed by atoms with E-state index in [2.05, 4.69) is 15.6 Å². The third-order valence-electron chi connectivity index (χ3n) is 4.42. The first-order valence-corrected chi connectivity index (χ1v) is 9.57. The first-order valence-electron chi connectivity index (χ1n) is 8.69. The van der Waals surface area contributed by atoms with E-state index in [4.69, 9.17) is 0 Å². The summed E-state index contributed by atoms with van der Waals surface area (Å²) in [5.74, 6) is -0.0348. The highest BCUT2D eigenvalue weighted by Gasteiger charge is 2.29. The molecule has 0 spiro atoms. The Labute approximate surface area is 159 Å². The number of benzene rings is 1. The first kappa shape index (κ1) is 17.4. The van der Waals surface area contributed by atoms with Gasteiger partial charge in [-0.2, -0.15) is 0 Å². The van der Waals surface area contributed by atoms with Crippen molar-refractivity contribution in [3.63, 3.8) is 0 Å². The maximum atomic E-state index is 12.3. The van der Waals surface area contributed by atoms with E-state index in [9.17, 15) is 14.4 Å². The summed E-state index contributed by atoms with van der Waals surface area (Å²) >= 11 is 1.40. The van der Waals surface area contributed by atoms with Crippen LogP contribution in [-0.2, 0) is 22.7 Å². The van der Waals surface area contributed by atoms with E-state index in [0.29, 0.717) is 16.8 Å². The van der Waals surface area contributed by atoms with Gasteiger partial charge in [0.1, 0.15) is 11.4 Å². The van der Waals surface area contributed by atoms with E-state index in [0.717, 1.165) is 24.1 Å². The molecule has 0 unspecified atom stereocenters. The van der Waals surface area contributed by atoms with Crippen LogP contribution in [0.3, 0.4) is 0 Å². The number of rotatable bonds is 6. The van der Waals surface area contributed by atoms with Crippen LogP contribution in [0.2, 0.25) is 0 Å². The molecule has 7 nitrogen and oxygen atoms in total. The molecule has 8 heteroatoms. The van der Waals surface area contributed by atoms with Crippen LogP contribution >= 0.6 is 11.3 Å². The maximum absolute atomic E-state index is 12.3. The molecule has 2 amide bonds. The van der Waals surface area contributed by atoms with Crippen molar-refractivity contribution < 1.29 is 9.59 Å². The highest BCUT2D eigenvalue weighted by molar-refractivity contribution is 7.16. The second-order valence-electron chi connectivity index (χ2n) is 6.55. The van der Waals surface area contributed by atoms with Crippen LogP contribution in [0.1, 0.15) is 18.4 Å². The molecule has 2 aromatic heterocycles. The molecule has 1 aliphatic rings. The summed E-state index contributed by atoms with van der Waals surface area (Å²) in [7, 11) is 0. The number of amides is 2. The lowest BCUT2D eigenvalue weighted by Gasteiger charge is -2.09. The Hall–Kier alpha value is -3.00. The van der Waals surface area contributed by atoms with Gasteiger partial charge in [0.05, 0.1) is 11.7 Å². The van der Waals surface area contributed by atoms with Gasteiger partial charge in [-0.25, -0.2) is 4.98 Å². The minimum Gasteiger partial charge on any atom is -0.350 e. The molecule has 1 fully saturated rings. The molecular weight excluding hydrogens is 364 g/mol. The van der Waals surface area contributed by atoms with E-state index in [-0.39, 0.29) is 29.8 Å². The number of hydrogen-bond donors (Lipinski definition) is 2. The molecule has 2 heterocycles. The van der Waals surface area contributed by atoms with Gasteiger partial charge in [-0.15, -0.1) is 11.3 Å². The Kier molecular flexibility index (Phi) is 4.72. The molecule has 138 valence electrons. The lowest BCUT2D eigenvalue weighted by molar-refractivity contribution is -0.122. The highest BCUT2D eigenvalue weighted by Crippen LogP contribution is 2.30. The van der Waals surface area contributed by atoms with Gasteiger partial charge in [0.25, 0.3) is 5.56 Å². The molecule has 0 aliphatic heterocycles. The van der Waals surface area contributed by atoms with Crippen molar-refractivity contribution in [2.75, 3.05) is 5.32 Å². The second kappa shape index (κ2) is 7.32. The number of aromatic nitrogens is 2. The standard InChI is InChI=1S/C19H18N4O3S/c24-16(10-23-11-21-18-15(19(23)26)7-8-27-18)20-9-12-1-5-14(6-2-12)22-17(25)13-3-4-13/h1-2,5-8,11,13H,3-4,9-10H2,(H,20,24)(H,22,25). The molecule has 1 saturated carbocycles. The van der Waals surface area contributed by atoms with E-state index < -0.39 is 0 Å². The van der Waals surface area contributed by atoms with Crippen LogP contribution in [0, 0.1) is 5.92 Å². The lowest BCUT2D eigenvalue weighted by Crippen LogP contribution is -2.32. The second-order valence-corrected chi connectivity index (χ2v) is 7.45. The number of carbonyl (C=O) groups is 2. The van der Waals surface area contributed by atoms with E-state index in [1.54, 1.807) is 11.4 Å². The monoisotopic (exact) mass is 382 g/mol. The number of fused-ring (bicyclic) bond motifs is 1. The Balaban J connectivity index is 1.32. The number of nitrogens with zero attached hydrogens (tertiary/aromatic N) is 2. The van der Waals surface area contributed by atoms with Crippen molar-refractivity contribution in [1.29, 1.82) is 0 Å². The summed E-state index contributed by atoms with van der Waals surface area (Å²) in [5.41, 5.74) is 1.45. The molecule has 2 N–H and O–H groups in total. The van der Waals surface area contributed by atoms with Crippen molar-refractivity contribution in [3.05, 3.63) is 58.0 Å². The zero-order valence-corrected chi connectivity index (χ0v) is 15.3. The van der Waals surface area contributed by atoms with Gasteiger partial charge in [-0.05, 0) is 42.0 Å². The van der Waals surface area contributed by atoms with Crippen LogP contribution in [0.15, 0.2) is 46.8 Å². The maximum Gasteiger partial charge on any atom is 0.262 e. The van der Waals surface area contributed by atoms with Crippen LogP contribution in [0.25, 0.3) is 10.2 Å². The summed E-state index contributed by atoms with van der Waals surface area (Å²) in [6.07, 6.45) is 3.33. The highest BCUT2D eigenvalue weighted by atomic mass is 32.1. The zero-order chi connectivity index (χ0) is 18.8. The number of anilines is 1. The van der Waals surface area contributed by atoms with Crippen LogP contribution in [-0.4, -0.2) is 21.4 Å². The molecule has 0 atom stereocenters. The van der Waals surface area contributed by atoms with Crippen LogP contribution in [0.4, 0.5) is 5.69 Å². The fourth-order valence-electron chi connectivity index (χ4n) is 2.71. The largest absolute Gasteiger partial charge is 0.350 e. The Bertz CT molecular complexity index is 1050. The topological polar surface area (TPSA) is 93.1 Å². The van der Waals surface area contributed by atoms with E-state index >= 15 is 0 Å². The smallest absolute Gasteiger partial charge is 0.262 e. The minimum absolute atomic E-state index is 0.0673. The molecule has 1 aromatic carbocycles. The van der Waals surface area contributed by atoms with Crippen LogP contribution < -0.4 is 16.2 Å². The normalized spacial score (nSPS) is 13.5. The quantitative estimate of drug-likeness (QED) is 0.683. The third-order valence-corrected chi connectivity index (χ3v) is 5.24. The molecule has 4 rings (SSSR count). The number of carbonyl (C=O) groups excluding carboxylic acids is 2. The average molecular weight is 382 g/mol. The summed E-state index contributed by atoms with van der Waals surface area (Å²) in [5, 5.41) is 8.00. The summed E-state index contributed by atoms with van der Waals surface area (Å²) < 4.78 is 1.31. The van der Waals surface area contributed by atoms with Crippen molar-refractivity contribution >= 4 is 39.1 Å². The van der Waals surface area contributed by atoms with Gasteiger partial charge < -0.3 is 10.6 Å². The number of hydrogen-bond acceptors (Lipinski definition) is 5. The summed E-state index contributed by atoms with van der Waals surface area (Å²) in [6.45, 7) is 0.270. The Morgan fingerprint density at radius 2 is 1.96 bits per heavy atom. The molecular formula is C19H18N4O3S. The van der Waals surface area contributed by atoms with E-state index in [1.165, 1.54) is 22.2 Å². The van der Waals surface area contributed by atoms with Gasteiger partial charge in [0, 0.05) is 18.2 Å². The van der Waals surface area contributed by atoms with Gasteiger partial charge in [-0.3, -0.25) is 19.0 Å². The average Bonchev–Trinajstić information content (AvgIpc) is 3.41. The van der Waals surface area contributed by atoms with Crippen molar-refractivity contribution in [2.45, 2.75) is 25.9 Å². The minimum atomic E-state index is -0.264. The number of thiophene rings is 1. The van der Waals surface area contributed by atoms with Crippen molar-refractivity contribution in [3.8, 4) is 0 Å². The third kappa shape index (κ3) is 4.06. The summed E-state index contributed by atoms with van der Waals surface area (Å²) in [4.78, 5) is 41.0.